The average molecular weight is 200 g/mol. The van der Waals surface area contributed by atoms with Crippen molar-refractivity contribution < 1.29 is 5.11 Å². The van der Waals surface area contributed by atoms with Gasteiger partial charge in [0.05, 0.1) is 6.61 Å². The third-order valence-electron chi connectivity index (χ3n) is 3.43. The topological polar surface area (TPSA) is 49.5 Å². The van der Waals surface area contributed by atoms with E-state index in [4.69, 9.17) is 10.8 Å². The third-order valence-corrected chi connectivity index (χ3v) is 3.43. The maximum absolute atomic E-state index is 9.13. The summed E-state index contributed by atoms with van der Waals surface area (Å²) >= 11 is 0. The van der Waals surface area contributed by atoms with Crippen LogP contribution < -0.4 is 5.73 Å². The van der Waals surface area contributed by atoms with E-state index in [1.165, 1.54) is 12.8 Å². The minimum absolute atomic E-state index is 0.0601. The molecule has 0 aliphatic carbocycles. The Morgan fingerprint density at radius 3 is 2.71 bits per heavy atom. The van der Waals surface area contributed by atoms with Crippen LogP contribution in [0.3, 0.4) is 0 Å². The normalized spacial score (nSPS) is 34.1. The second-order valence-electron chi connectivity index (χ2n) is 5.14. The molecule has 0 spiro atoms. The molecule has 14 heavy (non-hydrogen) atoms. The molecule has 1 rings (SSSR count). The summed E-state index contributed by atoms with van der Waals surface area (Å²) in [6, 6.07) is 0.596. The van der Waals surface area contributed by atoms with Crippen LogP contribution in [-0.4, -0.2) is 41.3 Å². The van der Waals surface area contributed by atoms with Crippen molar-refractivity contribution in [3.63, 3.8) is 0 Å². The largest absolute Gasteiger partial charge is 0.394 e. The summed E-state index contributed by atoms with van der Waals surface area (Å²) in [7, 11) is 0. The van der Waals surface area contributed by atoms with Crippen LogP contribution in [0.2, 0.25) is 0 Å². The molecule has 0 saturated carbocycles. The number of aliphatic hydroxyl groups is 1. The van der Waals surface area contributed by atoms with Crippen LogP contribution in [0.4, 0.5) is 0 Å². The molecule has 0 aromatic rings. The highest BCUT2D eigenvalue weighted by Crippen LogP contribution is 2.23. The summed E-state index contributed by atoms with van der Waals surface area (Å²) in [5.74, 6) is 0.748. The Hall–Kier alpha value is -0.120. The molecule has 0 amide bonds. The highest BCUT2D eigenvalue weighted by molar-refractivity contribution is 4.87. The van der Waals surface area contributed by atoms with Crippen LogP contribution in [0.1, 0.15) is 33.6 Å². The molecule has 1 aliphatic rings. The molecule has 3 heteroatoms. The average Bonchev–Trinajstić information content (AvgIpc) is 2.13. The Balaban J connectivity index is 2.51. The summed E-state index contributed by atoms with van der Waals surface area (Å²) < 4.78 is 0. The number of aliphatic hydroxyl groups excluding tert-OH is 1. The van der Waals surface area contributed by atoms with Gasteiger partial charge >= 0.3 is 0 Å². The van der Waals surface area contributed by atoms with Gasteiger partial charge in [0.1, 0.15) is 0 Å². The fraction of sp³-hybridized carbons (Fsp3) is 1.00. The van der Waals surface area contributed by atoms with Crippen LogP contribution in [0.25, 0.3) is 0 Å². The van der Waals surface area contributed by atoms with Gasteiger partial charge < -0.3 is 10.8 Å². The number of likely N-dealkylation sites (tertiary alicyclic amines) is 1. The molecule has 3 atom stereocenters. The van der Waals surface area contributed by atoms with Crippen molar-refractivity contribution in [1.82, 2.24) is 4.90 Å². The zero-order valence-electron chi connectivity index (χ0n) is 9.66. The monoisotopic (exact) mass is 200 g/mol. The van der Waals surface area contributed by atoms with E-state index in [2.05, 4.69) is 18.7 Å². The van der Waals surface area contributed by atoms with Gasteiger partial charge in [-0.25, -0.2) is 0 Å². The predicted octanol–water partition coefficient (Wildman–Crippen LogP) is 0.817. The van der Waals surface area contributed by atoms with Crippen molar-refractivity contribution in [2.75, 3.05) is 19.7 Å². The molecule has 1 fully saturated rings. The smallest absolute Gasteiger partial charge is 0.0621 e. The van der Waals surface area contributed by atoms with Crippen LogP contribution in [0, 0.1) is 5.92 Å². The lowest BCUT2D eigenvalue weighted by Gasteiger charge is -2.41. The standard InChI is InChI=1S/C11H24N2O/c1-9-5-4-6-13(10(9)2)7-11(3,12)8-14/h9-10,14H,4-8,12H2,1-3H3. The van der Waals surface area contributed by atoms with Gasteiger partial charge in [-0.05, 0) is 39.2 Å². The van der Waals surface area contributed by atoms with E-state index in [1.54, 1.807) is 0 Å². The zero-order valence-corrected chi connectivity index (χ0v) is 9.66. The highest BCUT2D eigenvalue weighted by atomic mass is 16.3. The molecule has 0 bridgehead atoms. The van der Waals surface area contributed by atoms with Crippen LogP contribution in [0.15, 0.2) is 0 Å². The number of rotatable bonds is 3. The summed E-state index contributed by atoms with van der Waals surface area (Å²) in [6.45, 7) is 8.46. The Morgan fingerprint density at radius 1 is 1.50 bits per heavy atom. The first-order valence-electron chi connectivity index (χ1n) is 5.60. The van der Waals surface area contributed by atoms with Gasteiger partial charge in [-0.3, -0.25) is 4.90 Å². The Kier molecular flexibility index (Phi) is 3.93. The Bertz CT molecular complexity index is 182. The van der Waals surface area contributed by atoms with E-state index in [-0.39, 0.29) is 6.61 Å². The van der Waals surface area contributed by atoms with Gasteiger partial charge in [-0.1, -0.05) is 6.92 Å². The molecule has 0 aromatic heterocycles. The molecule has 3 nitrogen and oxygen atoms in total. The molecule has 1 aliphatic heterocycles. The lowest BCUT2D eigenvalue weighted by molar-refractivity contribution is 0.0716. The van der Waals surface area contributed by atoms with Crippen molar-refractivity contribution in [3.05, 3.63) is 0 Å². The van der Waals surface area contributed by atoms with Gasteiger partial charge in [0.25, 0.3) is 0 Å². The molecule has 1 heterocycles. The first-order valence-corrected chi connectivity index (χ1v) is 5.60. The number of nitrogens with two attached hydrogens (primary N) is 1. The van der Waals surface area contributed by atoms with Crippen LogP contribution in [-0.2, 0) is 0 Å². The molecule has 0 aromatic carbocycles. The van der Waals surface area contributed by atoms with Gasteiger partial charge in [-0.2, -0.15) is 0 Å². The molecule has 84 valence electrons. The lowest BCUT2D eigenvalue weighted by atomic mass is 9.90. The maximum atomic E-state index is 9.13. The molecular weight excluding hydrogens is 176 g/mol. The number of hydrogen-bond donors (Lipinski definition) is 2. The second kappa shape index (κ2) is 4.60. The predicted molar refractivity (Wildman–Crippen MR) is 59.1 cm³/mol. The van der Waals surface area contributed by atoms with E-state index in [9.17, 15) is 0 Å². The van der Waals surface area contributed by atoms with Crippen molar-refractivity contribution >= 4 is 0 Å². The van der Waals surface area contributed by atoms with Crippen molar-refractivity contribution in [2.45, 2.75) is 45.2 Å². The van der Waals surface area contributed by atoms with Crippen LogP contribution >= 0.6 is 0 Å². The first-order chi connectivity index (χ1) is 6.46. The van der Waals surface area contributed by atoms with Crippen LogP contribution in [0.5, 0.6) is 0 Å². The van der Waals surface area contributed by atoms with Gasteiger partial charge in [-0.15, -0.1) is 0 Å². The van der Waals surface area contributed by atoms with Crippen molar-refractivity contribution in [2.24, 2.45) is 11.7 Å². The van der Waals surface area contributed by atoms with Gasteiger partial charge in [0.2, 0.25) is 0 Å². The third kappa shape index (κ3) is 2.94. The minimum atomic E-state index is -0.453. The Labute approximate surface area is 87.3 Å². The SMILES string of the molecule is CC1CCCN(CC(C)(N)CO)C1C. The second-order valence-corrected chi connectivity index (χ2v) is 5.14. The maximum Gasteiger partial charge on any atom is 0.0621 e. The molecule has 3 N–H and O–H groups in total. The zero-order chi connectivity index (χ0) is 10.8. The van der Waals surface area contributed by atoms with E-state index in [0.717, 1.165) is 19.0 Å². The number of piperidine rings is 1. The van der Waals surface area contributed by atoms with Gasteiger partial charge in [0, 0.05) is 18.1 Å². The number of hydrogen-bond acceptors (Lipinski definition) is 3. The minimum Gasteiger partial charge on any atom is -0.394 e. The summed E-state index contributed by atoms with van der Waals surface area (Å²) in [4.78, 5) is 2.41. The fourth-order valence-corrected chi connectivity index (χ4v) is 2.16. The van der Waals surface area contributed by atoms with Crippen molar-refractivity contribution in [1.29, 1.82) is 0 Å². The molecule has 1 saturated heterocycles. The molecule has 3 unspecified atom stereocenters. The van der Waals surface area contributed by atoms with Gasteiger partial charge in [0.15, 0.2) is 0 Å². The van der Waals surface area contributed by atoms with E-state index >= 15 is 0 Å². The van der Waals surface area contributed by atoms with E-state index < -0.39 is 5.54 Å². The summed E-state index contributed by atoms with van der Waals surface area (Å²) in [6.07, 6.45) is 2.57. The quantitative estimate of drug-likeness (QED) is 0.709. The fourth-order valence-electron chi connectivity index (χ4n) is 2.16. The van der Waals surface area contributed by atoms with E-state index in [1.807, 2.05) is 6.92 Å². The Morgan fingerprint density at radius 2 is 2.14 bits per heavy atom. The first kappa shape index (κ1) is 12.0. The highest BCUT2D eigenvalue weighted by Gasteiger charge is 2.29. The van der Waals surface area contributed by atoms with Crippen molar-refractivity contribution in [3.8, 4) is 0 Å². The summed E-state index contributed by atoms with van der Waals surface area (Å²) in [5.41, 5.74) is 5.51. The molecular formula is C11H24N2O. The lowest BCUT2D eigenvalue weighted by Crippen LogP contribution is -2.55. The summed E-state index contributed by atoms with van der Waals surface area (Å²) in [5, 5.41) is 9.13. The van der Waals surface area contributed by atoms with E-state index in [0.29, 0.717) is 6.04 Å². The molecule has 0 radical (unpaired) electrons. The number of nitrogens with zero attached hydrogens (tertiary/aromatic N) is 1.